The van der Waals surface area contributed by atoms with Gasteiger partial charge in [0.1, 0.15) is 15.3 Å². The van der Waals surface area contributed by atoms with Crippen molar-refractivity contribution in [2.24, 2.45) is 0 Å². The maximum atomic E-state index is 13.4. The van der Waals surface area contributed by atoms with Crippen LogP contribution in [0, 0.1) is 3.82 Å². The summed E-state index contributed by atoms with van der Waals surface area (Å²) in [6.45, 7) is 6.47. The van der Waals surface area contributed by atoms with E-state index in [2.05, 4.69) is 0 Å². The number of carbonyl (C=O) groups excluding carboxylic acids is 1. The van der Waals surface area contributed by atoms with Gasteiger partial charge < -0.3 is 9.47 Å². The van der Waals surface area contributed by atoms with Crippen molar-refractivity contribution < 1.29 is 14.3 Å². The van der Waals surface area contributed by atoms with E-state index in [1.807, 2.05) is 51.1 Å². The molecule has 8 heteroatoms. The lowest BCUT2D eigenvalue weighted by molar-refractivity contribution is -0.121. The minimum atomic E-state index is -0.561. The normalized spacial score (nSPS) is 14.1. The zero-order valence-electron chi connectivity index (χ0n) is 16.7. The van der Waals surface area contributed by atoms with E-state index in [9.17, 15) is 4.79 Å². The fourth-order valence-electron chi connectivity index (χ4n) is 3.68. The van der Waals surface area contributed by atoms with Gasteiger partial charge in [0.2, 0.25) is 0 Å². The van der Waals surface area contributed by atoms with Crippen molar-refractivity contribution in [2.45, 2.75) is 26.3 Å². The van der Waals surface area contributed by atoms with Crippen LogP contribution in [0.15, 0.2) is 42.5 Å². The third kappa shape index (κ3) is 3.64. The molecule has 0 atom stereocenters. The molecule has 1 aromatic heterocycles. The zero-order valence-corrected chi connectivity index (χ0v) is 19.9. The van der Waals surface area contributed by atoms with Gasteiger partial charge >= 0.3 is 0 Å². The molecule has 2 aromatic carbocycles. The fourth-order valence-corrected chi connectivity index (χ4v) is 7.15. The second-order valence-corrected chi connectivity index (χ2v) is 10.5. The van der Waals surface area contributed by atoms with Gasteiger partial charge in [-0.1, -0.05) is 56.6 Å². The van der Waals surface area contributed by atoms with Crippen molar-refractivity contribution in [3.8, 4) is 22.6 Å². The molecule has 30 heavy (non-hydrogen) atoms. The number of benzene rings is 2. The van der Waals surface area contributed by atoms with E-state index in [-0.39, 0.29) is 12.5 Å². The first-order chi connectivity index (χ1) is 14.3. The summed E-state index contributed by atoms with van der Waals surface area (Å²) >= 11 is 11.8. The first-order valence-corrected chi connectivity index (χ1v) is 12.4. The average molecular weight is 478 g/mol. The number of hydrogen-bond acceptors (Lipinski definition) is 6. The highest BCUT2D eigenvalue weighted by Gasteiger charge is 2.43. The Morgan fingerprint density at radius 3 is 2.67 bits per heavy atom. The number of ether oxygens (including phenoxy) is 2. The Labute approximate surface area is 193 Å². The summed E-state index contributed by atoms with van der Waals surface area (Å²) < 4.78 is 12.3. The maximum Gasteiger partial charge on any atom is 0.265 e. The Morgan fingerprint density at radius 1 is 1.17 bits per heavy atom. The molecule has 4 nitrogen and oxygen atoms in total. The van der Waals surface area contributed by atoms with Crippen molar-refractivity contribution in [3.63, 3.8) is 0 Å². The molecule has 2 heterocycles. The number of nitrogens with zero attached hydrogens (tertiary/aromatic N) is 1. The van der Waals surface area contributed by atoms with E-state index in [1.165, 1.54) is 0 Å². The van der Waals surface area contributed by atoms with Gasteiger partial charge in [0.05, 0.1) is 27.7 Å². The summed E-state index contributed by atoms with van der Waals surface area (Å²) in [4.78, 5) is 16.3. The minimum Gasteiger partial charge on any atom is -0.494 e. The van der Waals surface area contributed by atoms with Gasteiger partial charge in [-0.25, -0.2) is 0 Å². The predicted molar refractivity (Wildman–Crippen MR) is 127 cm³/mol. The van der Waals surface area contributed by atoms with Gasteiger partial charge in [-0.3, -0.25) is 9.69 Å². The van der Waals surface area contributed by atoms with Crippen LogP contribution in [0.2, 0.25) is 5.02 Å². The van der Waals surface area contributed by atoms with Gasteiger partial charge in [-0.15, -0.1) is 0 Å². The molecule has 0 radical (unpaired) electrons. The monoisotopic (exact) mass is 477 g/mol. The molecule has 0 saturated carbocycles. The third-order valence-corrected chi connectivity index (χ3v) is 8.62. The molecule has 0 spiro atoms. The molecule has 1 aliphatic rings. The Kier molecular flexibility index (Phi) is 5.90. The van der Waals surface area contributed by atoms with Crippen molar-refractivity contribution >= 4 is 56.1 Å². The molecular formula is C22H20ClNO3S3. The summed E-state index contributed by atoms with van der Waals surface area (Å²) in [5, 5.41) is 0.475. The van der Waals surface area contributed by atoms with E-state index in [0.29, 0.717) is 17.4 Å². The van der Waals surface area contributed by atoms with Crippen molar-refractivity contribution in [3.05, 3.63) is 56.2 Å². The summed E-state index contributed by atoms with van der Waals surface area (Å²) in [5.41, 5.74) is 2.19. The molecule has 0 aliphatic carbocycles. The second kappa shape index (κ2) is 8.30. The summed E-state index contributed by atoms with van der Waals surface area (Å²) in [5.74, 6) is 1.09. The Morgan fingerprint density at radius 2 is 1.93 bits per heavy atom. The number of halogens is 1. The van der Waals surface area contributed by atoms with Crippen molar-refractivity contribution in [1.29, 1.82) is 0 Å². The summed E-state index contributed by atoms with van der Waals surface area (Å²) in [6.07, 6.45) is 0. The number of para-hydroxylation sites is 1. The number of anilines is 1. The van der Waals surface area contributed by atoms with Gasteiger partial charge in [-0.05, 0) is 51.1 Å². The van der Waals surface area contributed by atoms with Crippen LogP contribution in [0.5, 0.6) is 11.5 Å². The van der Waals surface area contributed by atoms with E-state index in [1.54, 1.807) is 37.7 Å². The van der Waals surface area contributed by atoms with E-state index >= 15 is 0 Å². The summed E-state index contributed by atoms with van der Waals surface area (Å²) in [6, 6.07) is 12.9. The molecule has 1 aliphatic heterocycles. The number of rotatable bonds is 5. The molecule has 1 amide bonds. The van der Waals surface area contributed by atoms with E-state index in [0.717, 1.165) is 31.3 Å². The molecule has 0 unspecified atom stereocenters. The molecule has 0 fully saturated rings. The van der Waals surface area contributed by atoms with Gasteiger partial charge in [0, 0.05) is 11.1 Å². The standard InChI is InChI=1S/C22H20ClNO3S3/c1-4-26-13-9-10-16-14(11-13)19-20(29-30-21(19)28)22(2,3)24(16)18(25)12-27-17-8-6-5-7-15(17)23/h5-11H,4,12H2,1-3H3. The lowest BCUT2D eigenvalue weighted by Crippen LogP contribution is -2.49. The molecule has 0 N–H and O–H groups in total. The zero-order chi connectivity index (χ0) is 21.5. The molecule has 4 rings (SSSR count). The summed E-state index contributed by atoms with van der Waals surface area (Å²) in [7, 11) is 3.18. The third-order valence-electron chi connectivity index (χ3n) is 4.97. The van der Waals surface area contributed by atoms with Crippen LogP contribution in [0.25, 0.3) is 11.1 Å². The Hall–Kier alpha value is -1.93. The SMILES string of the molecule is CCOc1ccc2c(c1)-c1c(ssc1=S)C(C)(C)N2C(=O)COc1ccccc1Cl. The largest absolute Gasteiger partial charge is 0.494 e. The molecular weight excluding hydrogens is 458 g/mol. The fraction of sp³-hybridized carbons (Fsp3) is 0.273. The van der Waals surface area contributed by atoms with Crippen LogP contribution in [0.4, 0.5) is 5.69 Å². The second-order valence-electron chi connectivity index (χ2n) is 7.28. The lowest BCUT2D eigenvalue weighted by atomic mass is 9.87. The van der Waals surface area contributed by atoms with Crippen LogP contribution >= 0.6 is 44.5 Å². The molecule has 0 saturated heterocycles. The first-order valence-electron chi connectivity index (χ1n) is 9.45. The van der Waals surface area contributed by atoms with Crippen LogP contribution in [-0.2, 0) is 10.3 Å². The lowest BCUT2D eigenvalue weighted by Gasteiger charge is -2.42. The maximum absolute atomic E-state index is 13.4. The van der Waals surface area contributed by atoms with Crippen LogP contribution in [0.1, 0.15) is 25.6 Å². The number of hydrogen-bond donors (Lipinski definition) is 0. The van der Waals surface area contributed by atoms with E-state index in [4.69, 9.17) is 33.3 Å². The van der Waals surface area contributed by atoms with Crippen LogP contribution in [0.3, 0.4) is 0 Å². The quantitative estimate of drug-likeness (QED) is 0.295. The topological polar surface area (TPSA) is 38.8 Å². The highest BCUT2D eigenvalue weighted by molar-refractivity contribution is 7.80. The van der Waals surface area contributed by atoms with E-state index < -0.39 is 5.54 Å². The Bertz CT molecular complexity index is 1170. The molecule has 0 bridgehead atoms. The highest BCUT2D eigenvalue weighted by Crippen LogP contribution is 2.52. The molecule has 3 aromatic rings. The van der Waals surface area contributed by atoms with Gasteiger partial charge in [0.15, 0.2) is 6.61 Å². The average Bonchev–Trinajstić information content (AvgIpc) is 3.11. The van der Waals surface area contributed by atoms with Gasteiger partial charge in [0.25, 0.3) is 5.91 Å². The van der Waals surface area contributed by atoms with Crippen LogP contribution in [-0.4, -0.2) is 19.1 Å². The first kappa shape index (κ1) is 21.3. The smallest absolute Gasteiger partial charge is 0.265 e. The highest BCUT2D eigenvalue weighted by atomic mass is 35.5. The molecule has 156 valence electrons. The number of carbonyl (C=O) groups is 1. The van der Waals surface area contributed by atoms with Crippen LogP contribution < -0.4 is 14.4 Å². The number of fused-ring (bicyclic) bond motifs is 3. The van der Waals surface area contributed by atoms with Crippen molar-refractivity contribution in [2.75, 3.05) is 18.1 Å². The van der Waals surface area contributed by atoms with Gasteiger partial charge in [-0.2, -0.15) is 0 Å². The minimum absolute atomic E-state index is 0.120. The number of amides is 1. The van der Waals surface area contributed by atoms with Crippen molar-refractivity contribution in [1.82, 2.24) is 0 Å². The Balaban J connectivity index is 1.75. The predicted octanol–water partition coefficient (Wildman–Crippen LogP) is 6.92.